The Balaban J connectivity index is 1.59. The number of nitrogens with zero attached hydrogens (tertiary/aromatic N) is 2. The van der Waals surface area contributed by atoms with Crippen LogP contribution in [-0.4, -0.2) is 29.5 Å². The van der Waals surface area contributed by atoms with E-state index in [2.05, 4.69) is 148 Å². The molecular formula is C36H31BGeN2. The molecule has 6 aromatic rings. The third kappa shape index (κ3) is 3.04. The number of rotatable bonds is 2. The second kappa shape index (κ2) is 8.34. The van der Waals surface area contributed by atoms with Crippen molar-refractivity contribution in [1.29, 1.82) is 0 Å². The topological polar surface area (TPSA) is 17.8 Å². The van der Waals surface area contributed by atoms with Gasteiger partial charge in [-0.25, -0.2) is 0 Å². The molecule has 0 atom stereocenters. The van der Waals surface area contributed by atoms with Crippen molar-refractivity contribution < 1.29 is 0 Å². The van der Waals surface area contributed by atoms with E-state index >= 15 is 0 Å². The van der Waals surface area contributed by atoms with E-state index in [1.165, 1.54) is 41.9 Å². The van der Waals surface area contributed by atoms with Gasteiger partial charge in [-0.05, 0) is 0 Å². The van der Waals surface area contributed by atoms with Crippen molar-refractivity contribution in [1.82, 2.24) is 9.55 Å². The van der Waals surface area contributed by atoms with Crippen LogP contribution in [0.3, 0.4) is 0 Å². The molecule has 0 saturated heterocycles. The van der Waals surface area contributed by atoms with E-state index in [0.29, 0.717) is 0 Å². The van der Waals surface area contributed by atoms with Crippen LogP contribution < -0.4 is 34.0 Å². The van der Waals surface area contributed by atoms with Gasteiger partial charge in [0.1, 0.15) is 0 Å². The summed E-state index contributed by atoms with van der Waals surface area (Å²) in [6.07, 6.45) is 0. The molecular weight excluding hydrogens is 544 g/mol. The molecule has 8 rings (SSSR count). The summed E-state index contributed by atoms with van der Waals surface area (Å²) in [6, 6.07) is 44.0. The molecule has 0 aliphatic carbocycles. The molecule has 0 saturated carbocycles. The normalized spacial score (nSPS) is 14.7. The summed E-state index contributed by atoms with van der Waals surface area (Å²) < 4.78 is 8.51. The van der Waals surface area contributed by atoms with Gasteiger partial charge in [-0.15, -0.1) is 0 Å². The van der Waals surface area contributed by atoms with Crippen molar-refractivity contribution in [3.05, 3.63) is 127 Å². The van der Waals surface area contributed by atoms with E-state index < -0.39 is 13.3 Å². The Morgan fingerprint density at radius 3 is 1.98 bits per heavy atom. The summed E-state index contributed by atoms with van der Waals surface area (Å²) in [4.78, 5) is 5.16. The molecule has 4 heteroatoms. The van der Waals surface area contributed by atoms with Gasteiger partial charge in [-0.2, -0.15) is 0 Å². The van der Waals surface area contributed by atoms with Crippen molar-refractivity contribution in [2.75, 3.05) is 0 Å². The number of hydrogen-bond donors (Lipinski definition) is 0. The third-order valence-electron chi connectivity index (χ3n) is 9.23. The van der Waals surface area contributed by atoms with Crippen LogP contribution in [0.4, 0.5) is 0 Å². The Kier molecular flexibility index (Phi) is 5.01. The molecule has 192 valence electrons. The zero-order valence-electron chi connectivity index (χ0n) is 23.4. The molecule has 2 aliphatic rings. The van der Waals surface area contributed by atoms with Gasteiger partial charge in [-0.3, -0.25) is 0 Å². The molecule has 2 nitrogen and oxygen atoms in total. The number of fused-ring (bicyclic) bond motifs is 4. The van der Waals surface area contributed by atoms with Gasteiger partial charge >= 0.3 is 240 Å². The quantitative estimate of drug-likeness (QED) is 0.290. The average Bonchev–Trinajstić information content (AvgIpc) is 3.31. The Morgan fingerprint density at radius 2 is 1.30 bits per heavy atom. The van der Waals surface area contributed by atoms with Crippen LogP contribution in [0.1, 0.15) is 32.2 Å². The summed E-state index contributed by atoms with van der Waals surface area (Å²) >= 11 is -3.38. The first-order chi connectivity index (χ1) is 19.4. The molecule has 0 fully saturated rings. The first kappa shape index (κ1) is 24.0. The molecule has 2 aliphatic heterocycles. The average molecular weight is 575 g/mol. The molecule has 0 bridgehead atoms. The van der Waals surface area contributed by atoms with Crippen LogP contribution in [0.15, 0.2) is 115 Å². The van der Waals surface area contributed by atoms with Crippen molar-refractivity contribution >= 4 is 65.0 Å². The monoisotopic (exact) mass is 576 g/mol. The first-order valence-corrected chi connectivity index (χ1v) is 18.5. The van der Waals surface area contributed by atoms with Gasteiger partial charge in [0.25, 0.3) is 0 Å². The molecule has 0 N–H and O–H groups in total. The zero-order valence-corrected chi connectivity index (χ0v) is 25.5. The molecule has 0 unspecified atom stereocenters. The van der Waals surface area contributed by atoms with Crippen LogP contribution in [0, 0.1) is 6.92 Å². The fourth-order valence-electron chi connectivity index (χ4n) is 7.56. The van der Waals surface area contributed by atoms with E-state index in [-0.39, 0.29) is 12.1 Å². The molecule has 1 aromatic heterocycles. The fourth-order valence-corrected chi connectivity index (χ4v) is 18.6. The predicted octanol–water partition coefficient (Wildman–Crippen LogP) is 3.15. The minimum absolute atomic E-state index is 0.0337. The van der Waals surface area contributed by atoms with E-state index in [9.17, 15) is 0 Å². The van der Waals surface area contributed by atoms with Crippen LogP contribution >= 0.6 is 0 Å². The summed E-state index contributed by atoms with van der Waals surface area (Å²) in [5.74, 6) is 1.06. The molecule has 0 spiro atoms. The predicted molar refractivity (Wildman–Crippen MR) is 173 cm³/mol. The van der Waals surface area contributed by atoms with Crippen LogP contribution in [0.25, 0.3) is 16.7 Å². The number of imidazole rings is 1. The van der Waals surface area contributed by atoms with Gasteiger partial charge in [0.2, 0.25) is 0 Å². The van der Waals surface area contributed by atoms with Gasteiger partial charge in [0.05, 0.1) is 0 Å². The maximum atomic E-state index is 5.16. The SMILES string of the molecule is Cc1nc2cc(C(C)(C)C)cc3c2n1-c1ccc[c]2c1B3c1cccc[c]1[Ge]2([c]1ccccc1)[c]1ccccc1. The Bertz CT molecular complexity index is 1910. The van der Waals surface area contributed by atoms with E-state index in [4.69, 9.17) is 4.98 Å². The number of hydrogen-bond acceptors (Lipinski definition) is 1. The minimum atomic E-state index is -3.38. The number of aromatic nitrogens is 2. The fraction of sp³-hybridized carbons (Fsp3) is 0.139. The van der Waals surface area contributed by atoms with Gasteiger partial charge in [0.15, 0.2) is 0 Å². The molecule has 3 heterocycles. The number of aryl methyl sites for hydroxylation is 1. The standard InChI is InChI=1S/C36H31BGeN2/c1-24-39-32-23-25(36(2,3)4)22-29-35(32)40(24)33-21-13-20-31-34(33)37(29)28-18-11-12-19-30(28)38(31,26-14-7-5-8-15-26)27-16-9-6-10-17-27/h5-23H,1-4H3. The maximum absolute atomic E-state index is 5.16. The second-order valence-electron chi connectivity index (χ2n) is 12.4. The molecule has 0 radical (unpaired) electrons. The van der Waals surface area contributed by atoms with E-state index in [0.717, 1.165) is 11.3 Å². The van der Waals surface area contributed by atoms with Gasteiger partial charge in [-0.1, -0.05) is 0 Å². The summed E-state index contributed by atoms with van der Waals surface area (Å²) in [5.41, 5.74) is 9.41. The van der Waals surface area contributed by atoms with E-state index in [1.54, 1.807) is 8.79 Å². The van der Waals surface area contributed by atoms with Crippen LogP contribution in [-0.2, 0) is 5.41 Å². The van der Waals surface area contributed by atoms with Crippen LogP contribution in [0.2, 0.25) is 0 Å². The van der Waals surface area contributed by atoms with Crippen molar-refractivity contribution in [2.45, 2.75) is 33.1 Å². The zero-order chi connectivity index (χ0) is 27.2. The van der Waals surface area contributed by atoms with Crippen LogP contribution in [0.5, 0.6) is 0 Å². The first-order valence-electron chi connectivity index (χ1n) is 14.3. The summed E-state index contributed by atoms with van der Waals surface area (Å²) in [5, 5.41) is 0. The molecule has 5 aromatic carbocycles. The van der Waals surface area contributed by atoms with Crippen molar-refractivity contribution in [3.63, 3.8) is 0 Å². The molecule has 0 amide bonds. The summed E-state index contributed by atoms with van der Waals surface area (Å²) in [7, 11) is 0. The van der Waals surface area contributed by atoms with Gasteiger partial charge < -0.3 is 0 Å². The van der Waals surface area contributed by atoms with Crippen molar-refractivity contribution in [2.24, 2.45) is 0 Å². The molecule has 40 heavy (non-hydrogen) atoms. The third-order valence-corrected chi connectivity index (χ3v) is 19.5. The second-order valence-corrected chi connectivity index (χ2v) is 20.2. The number of benzene rings is 5. The Hall–Kier alpha value is -3.82. The van der Waals surface area contributed by atoms with Gasteiger partial charge in [0, 0.05) is 0 Å². The Morgan fingerprint density at radius 1 is 0.675 bits per heavy atom. The Labute approximate surface area is 239 Å². The van der Waals surface area contributed by atoms with E-state index in [1.807, 2.05) is 0 Å². The summed E-state index contributed by atoms with van der Waals surface area (Å²) in [6.45, 7) is 9.29. The van der Waals surface area contributed by atoms with Crippen molar-refractivity contribution in [3.8, 4) is 5.69 Å².